The Kier molecular flexibility index (Phi) is 9.03. The Morgan fingerprint density at radius 1 is 0.698 bits per heavy atom. The number of pyridine rings is 1. The molecular formula is C48H58N4O. The van der Waals surface area contributed by atoms with Crippen LogP contribution < -0.4 is 4.74 Å². The van der Waals surface area contributed by atoms with E-state index >= 15 is 0 Å². The zero-order valence-electron chi connectivity index (χ0n) is 34.2. The smallest absolute Gasteiger partial charge is 0.137 e. The average molecular weight is 707 g/mol. The lowest BCUT2D eigenvalue weighted by atomic mass is 9.70. The lowest BCUT2D eigenvalue weighted by molar-refractivity contribution is 0.385. The van der Waals surface area contributed by atoms with Gasteiger partial charge in [0.2, 0.25) is 0 Å². The molecular weight excluding hydrogens is 649 g/mol. The topological polar surface area (TPSA) is 44.9 Å². The van der Waals surface area contributed by atoms with E-state index in [1.165, 1.54) is 45.2 Å². The third kappa shape index (κ3) is 6.84. The van der Waals surface area contributed by atoms with Crippen molar-refractivity contribution >= 4 is 21.8 Å². The number of nitrogens with zero attached hydrogens (tertiary/aromatic N) is 4. The van der Waals surface area contributed by atoms with Gasteiger partial charge in [-0.05, 0) is 96.5 Å². The van der Waals surface area contributed by atoms with Crippen molar-refractivity contribution in [3.8, 4) is 23.0 Å². The van der Waals surface area contributed by atoms with Crippen LogP contribution in [0.1, 0.15) is 124 Å². The maximum absolute atomic E-state index is 6.89. The number of rotatable bonds is 5. The van der Waals surface area contributed by atoms with E-state index in [0.29, 0.717) is 17.8 Å². The molecule has 3 aromatic carbocycles. The molecule has 53 heavy (non-hydrogen) atoms. The minimum atomic E-state index is -0.130. The van der Waals surface area contributed by atoms with Gasteiger partial charge in [-0.25, -0.2) is 9.67 Å². The standard InChI is InChI=1S/C48H58N4O/c1-29-22-30(2)43(31(3)23-29)44-32(4)50-52(45(44)48(11,12)13)35-24-34(47(8,9)10)25-37(27-35)53-36-18-19-39-38-16-14-15-17-40(38)51(41(39)28-36)42-26-33(20-21-49-42)46(5,6)7/h14-22,24-29,31,43H,23H2,1-13H3/t29-,31-,43?/m0/s1. The number of hydrogen-bond acceptors (Lipinski definition) is 3. The first-order valence-electron chi connectivity index (χ1n) is 19.4. The van der Waals surface area contributed by atoms with Crippen LogP contribution in [0.15, 0.2) is 90.6 Å². The molecule has 7 rings (SSSR count). The number of aryl methyl sites for hydroxylation is 1. The Balaban J connectivity index is 1.38. The van der Waals surface area contributed by atoms with Crippen molar-refractivity contribution in [3.63, 3.8) is 0 Å². The molecule has 0 saturated carbocycles. The average Bonchev–Trinajstić information content (AvgIpc) is 3.58. The van der Waals surface area contributed by atoms with Crippen LogP contribution in [0.3, 0.4) is 0 Å². The fourth-order valence-electron chi connectivity index (χ4n) is 8.73. The minimum Gasteiger partial charge on any atom is -0.457 e. The van der Waals surface area contributed by atoms with E-state index in [2.05, 4.69) is 178 Å². The Bertz CT molecular complexity index is 2370. The van der Waals surface area contributed by atoms with E-state index < -0.39 is 0 Å². The summed E-state index contributed by atoms with van der Waals surface area (Å²) in [4.78, 5) is 4.89. The van der Waals surface area contributed by atoms with Crippen LogP contribution in [-0.2, 0) is 16.2 Å². The number of aromatic nitrogens is 4. The van der Waals surface area contributed by atoms with Crippen molar-refractivity contribution in [1.29, 1.82) is 0 Å². The minimum absolute atomic E-state index is 0.00396. The maximum Gasteiger partial charge on any atom is 0.137 e. The van der Waals surface area contributed by atoms with E-state index in [1.54, 1.807) is 0 Å². The zero-order chi connectivity index (χ0) is 38.2. The molecule has 1 aliphatic rings. The predicted molar refractivity (Wildman–Crippen MR) is 222 cm³/mol. The van der Waals surface area contributed by atoms with Crippen LogP contribution in [0.4, 0.5) is 0 Å². The van der Waals surface area contributed by atoms with Gasteiger partial charge in [-0.3, -0.25) is 4.57 Å². The highest BCUT2D eigenvalue weighted by Crippen LogP contribution is 2.46. The highest BCUT2D eigenvalue weighted by Gasteiger charge is 2.36. The molecule has 0 bridgehead atoms. The fourth-order valence-corrected chi connectivity index (χ4v) is 8.73. The van der Waals surface area contributed by atoms with E-state index in [9.17, 15) is 0 Å². The molecule has 1 unspecified atom stereocenters. The molecule has 0 N–H and O–H groups in total. The molecule has 0 radical (unpaired) electrons. The van der Waals surface area contributed by atoms with Gasteiger partial charge in [-0.1, -0.05) is 106 Å². The predicted octanol–water partition coefficient (Wildman–Crippen LogP) is 13.1. The molecule has 5 heteroatoms. The molecule has 6 aromatic rings. The second kappa shape index (κ2) is 13.0. The molecule has 0 spiro atoms. The van der Waals surface area contributed by atoms with Gasteiger partial charge < -0.3 is 4.74 Å². The quantitative estimate of drug-likeness (QED) is 0.168. The summed E-state index contributed by atoms with van der Waals surface area (Å²) in [5, 5.41) is 7.71. The summed E-state index contributed by atoms with van der Waals surface area (Å²) in [7, 11) is 0. The SMILES string of the molecule is CC1=C[C@H](C)C[C@H](C)C1c1c(C)nn(-c2cc(Oc3ccc4c5ccccc5n(-c5cc(C(C)(C)C)ccn5)c4c3)cc(C(C)(C)C)c2)c1C(C)(C)C. The Morgan fingerprint density at radius 2 is 1.40 bits per heavy atom. The summed E-state index contributed by atoms with van der Waals surface area (Å²) >= 11 is 0. The van der Waals surface area contributed by atoms with Gasteiger partial charge in [-0.15, -0.1) is 0 Å². The lowest BCUT2D eigenvalue weighted by Crippen LogP contribution is -2.25. The summed E-state index contributed by atoms with van der Waals surface area (Å²) in [6.45, 7) is 29.8. The molecule has 0 saturated heterocycles. The normalized spacial score (nSPS) is 18.5. The van der Waals surface area contributed by atoms with E-state index in [-0.39, 0.29) is 16.2 Å². The zero-order valence-corrected chi connectivity index (χ0v) is 34.2. The third-order valence-electron chi connectivity index (χ3n) is 11.2. The van der Waals surface area contributed by atoms with Crippen molar-refractivity contribution in [3.05, 3.63) is 119 Å². The van der Waals surface area contributed by atoms with Crippen LogP contribution in [0.5, 0.6) is 11.5 Å². The van der Waals surface area contributed by atoms with Gasteiger partial charge in [0.25, 0.3) is 0 Å². The van der Waals surface area contributed by atoms with Gasteiger partial charge in [0.15, 0.2) is 0 Å². The molecule has 0 aliphatic heterocycles. The van der Waals surface area contributed by atoms with E-state index in [0.717, 1.165) is 39.7 Å². The first-order chi connectivity index (χ1) is 24.8. The number of para-hydroxylation sites is 1. The summed E-state index contributed by atoms with van der Waals surface area (Å²) in [6, 6.07) is 26.1. The largest absolute Gasteiger partial charge is 0.457 e. The van der Waals surface area contributed by atoms with Gasteiger partial charge in [0.1, 0.15) is 17.3 Å². The molecule has 3 aromatic heterocycles. The van der Waals surface area contributed by atoms with E-state index in [4.69, 9.17) is 14.8 Å². The highest BCUT2D eigenvalue weighted by atomic mass is 16.5. The van der Waals surface area contributed by atoms with Gasteiger partial charge in [0, 0.05) is 46.0 Å². The van der Waals surface area contributed by atoms with Crippen LogP contribution in [0.25, 0.3) is 33.3 Å². The second-order valence-electron chi connectivity index (χ2n) is 18.8. The molecule has 0 amide bonds. The number of ether oxygens (including phenoxy) is 1. The second-order valence-corrected chi connectivity index (χ2v) is 18.8. The first-order valence-corrected chi connectivity index (χ1v) is 19.4. The summed E-state index contributed by atoms with van der Waals surface area (Å²) in [6.07, 6.45) is 5.60. The van der Waals surface area contributed by atoms with Crippen molar-refractivity contribution < 1.29 is 4.74 Å². The van der Waals surface area contributed by atoms with Crippen LogP contribution in [-0.4, -0.2) is 19.3 Å². The van der Waals surface area contributed by atoms with Gasteiger partial charge in [0.05, 0.1) is 28.1 Å². The maximum atomic E-state index is 6.89. The molecule has 276 valence electrons. The number of allylic oxidation sites excluding steroid dienone is 2. The van der Waals surface area contributed by atoms with Gasteiger partial charge >= 0.3 is 0 Å². The monoisotopic (exact) mass is 706 g/mol. The van der Waals surface area contributed by atoms with Crippen LogP contribution in [0, 0.1) is 18.8 Å². The fraction of sp³-hybridized carbons (Fsp3) is 0.417. The summed E-state index contributed by atoms with van der Waals surface area (Å²) in [5.74, 6) is 3.99. The first kappa shape index (κ1) is 36.7. The molecule has 3 heterocycles. The number of benzene rings is 3. The lowest BCUT2D eigenvalue weighted by Gasteiger charge is -2.34. The number of fused-ring (bicyclic) bond motifs is 3. The van der Waals surface area contributed by atoms with Crippen LogP contribution in [0.2, 0.25) is 0 Å². The molecule has 5 nitrogen and oxygen atoms in total. The third-order valence-corrected chi connectivity index (χ3v) is 11.2. The van der Waals surface area contributed by atoms with Crippen molar-refractivity contribution in [2.75, 3.05) is 0 Å². The highest BCUT2D eigenvalue weighted by molar-refractivity contribution is 6.09. The van der Waals surface area contributed by atoms with Crippen molar-refractivity contribution in [1.82, 2.24) is 19.3 Å². The van der Waals surface area contributed by atoms with E-state index in [1.807, 2.05) is 6.20 Å². The summed E-state index contributed by atoms with van der Waals surface area (Å²) < 4.78 is 11.4. The Morgan fingerprint density at radius 3 is 2.08 bits per heavy atom. The van der Waals surface area contributed by atoms with Gasteiger partial charge in [-0.2, -0.15) is 5.10 Å². The van der Waals surface area contributed by atoms with Crippen LogP contribution >= 0.6 is 0 Å². The van der Waals surface area contributed by atoms with Crippen molar-refractivity contribution in [2.45, 2.75) is 119 Å². The number of hydrogen-bond donors (Lipinski definition) is 0. The summed E-state index contributed by atoms with van der Waals surface area (Å²) in [5.41, 5.74) is 10.7. The van der Waals surface area contributed by atoms with Crippen molar-refractivity contribution in [2.24, 2.45) is 11.8 Å². The molecule has 0 fully saturated rings. The Hall–Kier alpha value is -4.64. The Labute approximate surface area is 317 Å². The molecule has 3 atom stereocenters. The molecule has 1 aliphatic carbocycles.